The number of carbonyl (C=O) groups is 2. The zero-order chi connectivity index (χ0) is 31.8. The lowest BCUT2D eigenvalue weighted by atomic mass is 10.1. The topological polar surface area (TPSA) is 94.5 Å². The van der Waals surface area contributed by atoms with Crippen LogP contribution in [0.2, 0.25) is 0 Å². The van der Waals surface area contributed by atoms with Crippen LogP contribution in [-0.4, -0.2) is 91.3 Å². The number of halogens is 9. The maximum atomic E-state index is 13.7. The minimum absolute atomic E-state index is 0.0584. The fraction of sp³-hybridized carbons (Fsp3) is 0.680. The number of benzene rings is 1. The van der Waals surface area contributed by atoms with Gasteiger partial charge < -0.3 is 29.0 Å². The Hall–Kier alpha value is -2.95. The molecule has 1 aromatic carbocycles. The first kappa shape index (κ1) is 35.2. The summed E-state index contributed by atoms with van der Waals surface area (Å²) in [7, 11) is 0. The van der Waals surface area contributed by atoms with Gasteiger partial charge in [-0.3, -0.25) is 0 Å². The Balaban J connectivity index is 2.01. The molecule has 0 aromatic heterocycles. The van der Waals surface area contributed by atoms with Crippen LogP contribution in [0.3, 0.4) is 0 Å². The van der Waals surface area contributed by atoms with E-state index in [0.717, 1.165) is 12.8 Å². The lowest BCUT2D eigenvalue weighted by Gasteiger charge is -2.33. The van der Waals surface area contributed by atoms with Gasteiger partial charge in [0.2, 0.25) is 0 Å². The van der Waals surface area contributed by atoms with Crippen LogP contribution in [0.25, 0.3) is 0 Å². The van der Waals surface area contributed by atoms with Gasteiger partial charge >= 0.3 is 36.2 Å². The number of carboxylic acids is 1. The van der Waals surface area contributed by atoms with Crippen molar-refractivity contribution in [1.29, 1.82) is 0 Å². The summed E-state index contributed by atoms with van der Waals surface area (Å²) in [5.41, 5.74) is 0.593. The zero-order valence-electron chi connectivity index (χ0n) is 22.3. The number of nitrogens with zero attached hydrogens (tertiary/aromatic N) is 1. The molecule has 1 aliphatic rings. The normalized spacial score (nSPS) is 15.9. The predicted octanol–water partition coefficient (Wildman–Crippen LogP) is 5.92. The van der Waals surface area contributed by atoms with Crippen LogP contribution < -0.4 is 4.74 Å². The van der Waals surface area contributed by atoms with Crippen LogP contribution in [0, 0.1) is 0 Å². The van der Waals surface area contributed by atoms with Gasteiger partial charge in [-0.25, -0.2) is 9.59 Å². The number of rotatable bonds is 16. The van der Waals surface area contributed by atoms with Crippen molar-refractivity contribution in [1.82, 2.24) is 4.90 Å². The summed E-state index contributed by atoms with van der Waals surface area (Å²) in [6, 6.07) is 6.02. The Morgan fingerprint density at radius 3 is 2.02 bits per heavy atom. The largest absolute Gasteiger partial charge is 0.492 e. The first-order valence-corrected chi connectivity index (χ1v) is 12.8. The van der Waals surface area contributed by atoms with Crippen molar-refractivity contribution in [2.24, 2.45) is 0 Å². The summed E-state index contributed by atoms with van der Waals surface area (Å²) in [5.74, 6) is -15.0. The van der Waals surface area contributed by atoms with Gasteiger partial charge in [0.1, 0.15) is 18.5 Å². The lowest BCUT2D eigenvalue weighted by Crippen LogP contribution is -2.62. The van der Waals surface area contributed by atoms with Crippen LogP contribution in [0.1, 0.15) is 38.2 Å². The molecule has 0 aliphatic heterocycles. The Morgan fingerprint density at radius 2 is 1.50 bits per heavy atom. The van der Waals surface area contributed by atoms with Crippen LogP contribution in [-0.2, 0) is 25.4 Å². The van der Waals surface area contributed by atoms with E-state index in [1.807, 2.05) is 0 Å². The SMILES string of the molecule is CCOC(Cc1ccc(OCCN(CCOC(F)(F)C(F)(F)C(F)(F)C(F)(F)F)C(=O)OC2CCCC2)cc1)C(=O)O. The molecule has 1 unspecified atom stereocenters. The summed E-state index contributed by atoms with van der Waals surface area (Å²) >= 11 is 0. The molecule has 0 spiro atoms. The third-order valence-corrected chi connectivity index (χ3v) is 6.21. The molecule has 0 heterocycles. The Kier molecular flexibility index (Phi) is 12.2. The number of amides is 1. The smallest absolute Gasteiger partial charge is 0.460 e. The second-order valence-corrected chi connectivity index (χ2v) is 9.27. The number of hydrogen-bond acceptors (Lipinski definition) is 6. The highest BCUT2D eigenvalue weighted by atomic mass is 19.4. The van der Waals surface area contributed by atoms with Crippen molar-refractivity contribution in [3.8, 4) is 5.75 Å². The van der Waals surface area contributed by atoms with E-state index < -0.39 is 68.1 Å². The second-order valence-electron chi connectivity index (χ2n) is 9.27. The molecule has 0 bridgehead atoms. The van der Waals surface area contributed by atoms with Crippen LogP contribution in [0.4, 0.5) is 44.3 Å². The van der Waals surface area contributed by atoms with E-state index in [2.05, 4.69) is 4.74 Å². The average Bonchev–Trinajstić information content (AvgIpc) is 3.40. The molecule has 8 nitrogen and oxygen atoms in total. The lowest BCUT2D eigenvalue weighted by molar-refractivity contribution is -0.443. The Bertz CT molecular complexity index is 1020. The van der Waals surface area contributed by atoms with Crippen molar-refractivity contribution < 1.29 is 73.2 Å². The van der Waals surface area contributed by atoms with Gasteiger partial charge in [0.05, 0.1) is 13.2 Å². The standard InChI is InChI=1S/C25H30F9NO7/c1-2-39-19(20(36)37)15-16-7-9-17(10-8-16)40-13-11-35(21(38)42-18-5-3-4-6-18)12-14-41-25(33,34)23(28,29)22(26,27)24(30,31)32/h7-10,18-19H,2-6,11-15H2,1H3,(H,36,37). The Morgan fingerprint density at radius 1 is 0.929 bits per heavy atom. The van der Waals surface area contributed by atoms with Gasteiger partial charge in [-0.1, -0.05) is 12.1 Å². The molecule has 17 heteroatoms. The molecule has 0 saturated heterocycles. The zero-order valence-corrected chi connectivity index (χ0v) is 22.3. The first-order chi connectivity index (χ1) is 19.4. The van der Waals surface area contributed by atoms with Crippen LogP contribution in [0.5, 0.6) is 5.75 Å². The molecule has 1 fully saturated rings. The predicted molar refractivity (Wildman–Crippen MR) is 126 cm³/mol. The summed E-state index contributed by atoms with van der Waals surface area (Å²) in [5, 5.41) is 9.18. The highest BCUT2D eigenvalue weighted by Crippen LogP contribution is 2.53. The number of ether oxygens (including phenoxy) is 4. The minimum atomic E-state index is -7.11. The molecule has 1 saturated carbocycles. The summed E-state index contributed by atoms with van der Waals surface area (Å²) in [6.07, 6.45) is -13.4. The van der Waals surface area contributed by atoms with E-state index >= 15 is 0 Å². The van der Waals surface area contributed by atoms with Gasteiger partial charge in [-0.15, -0.1) is 0 Å². The van der Waals surface area contributed by atoms with Gasteiger partial charge in [0, 0.05) is 19.6 Å². The maximum Gasteiger partial charge on any atom is 0.460 e. The van der Waals surface area contributed by atoms with E-state index in [9.17, 15) is 54.2 Å². The molecule has 1 aliphatic carbocycles. The molecular formula is C25H30F9NO7. The van der Waals surface area contributed by atoms with E-state index in [1.54, 1.807) is 19.1 Å². The van der Waals surface area contributed by atoms with Crippen molar-refractivity contribution in [2.75, 3.05) is 32.9 Å². The third kappa shape index (κ3) is 9.02. The first-order valence-electron chi connectivity index (χ1n) is 12.8. The number of carboxylic acid groups (broad SMARTS) is 1. The quantitative estimate of drug-likeness (QED) is 0.228. The van der Waals surface area contributed by atoms with E-state index in [1.165, 1.54) is 12.1 Å². The summed E-state index contributed by atoms with van der Waals surface area (Å²) in [4.78, 5) is 24.5. The number of carbonyl (C=O) groups excluding carboxylic acids is 1. The maximum absolute atomic E-state index is 13.7. The van der Waals surface area contributed by atoms with Crippen molar-refractivity contribution in [3.63, 3.8) is 0 Å². The van der Waals surface area contributed by atoms with Crippen molar-refractivity contribution in [3.05, 3.63) is 29.8 Å². The fourth-order valence-electron chi connectivity index (χ4n) is 3.88. The Labute approximate surface area is 234 Å². The summed E-state index contributed by atoms with van der Waals surface area (Å²) < 4.78 is 137. The second kappa shape index (κ2) is 14.5. The number of aliphatic carboxylic acids is 1. The molecule has 1 aromatic rings. The molecule has 1 amide bonds. The van der Waals surface area contributed by atoms with Gasteiger partial charge in [0.15, 0.2) is 6.10 Å². The minimum Gasteiger partial charge on any atom is -0.492 e. The van der Waals surface area contributed by atoms with Crippen LogP contribution in [0.15, 0.2) is 24.3 Å². The highest BCUT2D eigenvalue weighted by Gasteiger charge is 2.82. The summed E-state index contributed by atoms with van der Waals surface area (Å²) in [6.45, 7) is -1.37. The number of alkyl halides is 9. The fourth-order valence-corrected chi connectivity index (χ4v) is 3.88. The molecule has 1 N–H and O–H groups in total. The van der Waals surface area contributed by atoms with Crippen LogP contribution >= 0.6 is 0 Å². The average molecular weight is 627 g/mol. The number of hydrogen-bond donors (Lipinski definition) is 1. The molecule has 240 valence electrons. The van der Waals surface area contributed by atoms with E-state index in [0.29, 0.717) is 23.3 Å². The molecule has 2 rings (SSSR count). The van der Waals surface area contributed by atoms with Gasteiger partial charge in [-0.05, 0) is 50.3 Å². The van der Waals surface area contributed by atoms with Crippen molar-refractivity contribution >= 4 is 12.1 Å². The monoisotopic (exact) mass is 627 g/mol. The van der Waals surface area contributed by atoms with Gasteiger partial charge in [-0.2, -0.15) is 39.5 Å². The molecule has 42 heavy (non-hydrogen) atoms. The molecular weight excluding hydrogens is 597 g/mol. The van der Waals surface area contributed by atoms with Gasteiger partial charge in [0.25, 0.3) is 0 Å². The highest BCUT2D eigenvalue weighted by molar-refractivity contribution is 5.72. The molecule has 1 atom stereocenters. The van der Waals surface area contributed by atoms with E-state index in [4.69, 9.17) is 14.2 Å². The van der Waals surface area contributed by atoms with E-state index in [-0.39, 0.29) is 25.4 Å². The van der Waals surface area contributed by atoms with Crippen molar-refractivity contribution in [2.45, 2.75) is 75.4 Å². The molecule has 0 radical (unpaired) electrons. The third-order valence-electron chi connectivity index (χ3n) is 6.21.